The fourth-order valence-corrected chi connectivity index (χ4v) is 4.81. The van der Waals surface area contributed by atoms with E-state index < -0.39 is 15.2 Å². The van der Waals surface area contributed by atoms with Crippen molar-refractivity contribution in [3.63, 3.8) is 0 Å². The maximum atomic E-state index is 13.6. The predicted molar refractivity (Wildman–Crippen MR) is 120 cm³/mol. The summed E-state index contributed by atoms with van der Waals surface area (Å²) in [5.41, 5.74) is 1.90. The van der Waals surface area contributed by atoms with Crippen LogP contribution in [0.2, 0.25) is 5.02 Å². The molecule has 2 aromatic carbocycles. The Bertz CT molecular complexity index is 1140. The quantitative estimate of drug-likeness (QED) is 0.290. The molecule has 0 radical (unpaired) electrons. The number of hydrogen-bond acceptors (Lipinski definition) is 5. The van der Waals surface area contributed by atoms with Crippen LogP contribution < -0.4 is 4.90 Å². The zero-order chi connectivity index (χ0) is 23.0. The summed E-state index contributed by atoms with van der Waals surface area (Å²) in [7, 11) is 0. The van der Waals surface area contributed by atoms with Crippen LogP contribution >= 0.6 is 23.2 Å². The Balaban J connectivity index is 1.78. The third-order valence-corrected chi connectivity index (χ3v) is 6.57. The second-order valence-corrected chi connectivity index (χ2v) is 8.63. The van der Waals surface area contributed by atoms with Gasteiger partial charge in [-0.3, -0.25) is 20.2 Å². The molecule has 1 aliphatic carbocycles. The second kappa shape index (κ2) is 8.88. The van der Waals surface area contributed by atoms with Crippen LogP contribution in [0.4, 0.5) is 15.8 Å². The molecular formula is C22H18Cl2FN3O4. The van der Waals surface area contributed by atoms with Gasteiger partial charge in [-0.1, -0.05) is 23.7 Å². The van der Waals surface area contributed by atoms with E-state index in [2.05, 4.69) is 0 Å². The summed E-state index contributed by atoms with van der Waals surface area (Å²) < 4.78 is 13.6. The highest BCUT2D eigenvalue weighted by molar-refractivity contribution is 6.32. The predicted octanol–water partition coefficient (Wildman–Crippen LogP) is 6.20. The van der Waals surface area contributed by atoms with Crippen LogP contribution in [0.15, 0.2) is 65.9 Å². The lowest BCUT2D eigenvalue weighted by atomic mass is 9.96. The first-order chi connectivity index (χ1) is 15.3. The molecule has 1 saturated heterocycles. The third-order valence-electron chi connectivity index (χ3n) is 5.85. The van der Waals surface area contributed by atoms with Gasteiger partial charge in [-0.15, -0.1) is 11.6 Å². The summed E-state index contributed by atoms with van der Waals surface area (Å²) in [4.78, 5) is 23.8. The molecule has 1 aliphatic heterocycles. The van der Waals surface area contributed by atoms with E-state index in [-0.39, 0.29) is 34.3 Å². The SMILES string of the molecule is O=[N+]([O-])C1=CC(C2CCC(c3ccc(Cl)c([N+](=O)[O-])c3)N2c2ccc(F)cc2)=CCC1Cl. The van der Waals surface area contributed by atoms with Gasteiger partial charge < -0.3 is 4.90 Å². The third kappa shape index (κ3) is 4.20. The summed E-state index contributed by atoms with van der Waals surface area (Å²) in [6, 6.07) is 10.1. The standard InChI is InChI=1S/C22H18Cl2FN3O4/c23-17-7-1-13(11-21(17)27(29)30)19-9-10-20(26(19)16-5-3-15(25)4-6-16)14-2-8-18(24)22(12-14)28(31)32/h1-7,11-12,18-20H,8-10H2. The molecule has 0 N–H and O–H groups in total. The van der Waals surface area contributed by atoms with Gasteiger partial charge in [0, 0.05) is 17.8 Å². The van der Waals surface area contributed by atoms with Gasteiger partial charge in [0.1, 0.15) is 16.2 Å². The Hall–Kier alpha value is -2.97. The van der Waals surface area contributed by atoms with Crippen molar-refractivity contribution in [3.05, 3.63) is 103 Å². The number of nitrogens with zero attached hydrogens (tertiary/aromatic N) is 3. The lowest BCUT2D eigenvalue weighted by molar-refractivity contribution is -0.427. The van der Waals surface area contributed by atoms with Crippen molar-refractivity contribution >= 4 is 34.6 Å². The molecule has 3 atom stereocenters. The van der Waals surface area contributed by atoms with Crippen molar-refractivity contribution in [2.24, 2.45) is 0 Å². The van der Waals surface area contributed by atoms with Crippen LogP contribution in [-0.2, 0) is 0 Å². The molecule has 0 spiro atoms. The van der Waals surface area contributed by atoms with E-state index in [1.165, 1.54) is 30.3 Å². The highest BCUT2D eigenvalue weighted by Gasteiger charge is 2.39. The van der Waals surface area contributed by atoms with Crippen LogP contribution in [0, 0.1) is 26.0 Å². The van der Waals surface area contributed by atoms with E-state index in [0.717, 1.165) is 5.57 Å². The van der Waals surface area contributed by atoms with Crippen molar-refractivity contribution in [2.45, 2.75) is 36.7 Å². The molecule has 10 heteroatoms. The molecule has 3 unspecified atom stereocenters. The monoisotopic (exact) mass is 477 g/mol. The van der Waals surface area contributed by atoms with Crippen molar-refractivity contribution < 1.29 is 14.2 Å². The minimum Gasteiger partial charge on any atom is -0.357 e. The molecular weight excluding hydrogens is 460 g/mol. The zero-order valence-electron chi connectivity index (χ0n) is 16.7. The van der Waals surface area contributed by atoms with Crippen LogP contribution in [0.3, 0.4) is 0 Å². The normalized spacial score (nSPS) is 23.0. The smallest absolute Gasteiger partial charge is 0.288 e. The summed E-state index contributed by atoms with van der Waals surface area (Å²) in [6.07, 6.45) is 5.02. The summed E-state index contributed by atoms with van der Waals surface area (Å²) in [5.74, 6) is -0.388. The Morgan fingerprint density at radius 1 is 1.00 bits per heavy atom. The first-order valence-electron chi connectivity index (χ1n) is 9.94. The van der Waals surface area contributed by atoms with Gasteiger partial charge >= 0.3 is 0 Å². The number of allylic oxidation sites excluding steroid dienone is 2. The van der Waals surface area contributed by atoms with E-state index in [1.54, 1.807) is 18.2 Å². The van der Waals surface area contributed by atoms with Crippen molar-refractivity contribution in [1.82, 2.24) is 0 Å². The molecule has 2 aromatic rings. The highest BCUT2D eigenvalue weighted by atomic mass is 35.5. The topological polar surface area (TPSA) is 89.5 Å². The molecule has 32 heavy (non-hydrogen) atoms. The van der Waals surface area contributed by atoms with E-state index in [1.807, 2.05) is 11.0 Å². The summed E-state index contributed by atoms with van der Waals surface area (Å²) >= 11 is 12.1. The number of benzene rings is 2. The Labute approximate surface area is 193 Å². The van der Waals surface area contributed by atoms with Crippen LogP contribution in [0.5, 0.6) is 0 Å². The van der Waals surface area contributed by atoms with E-state index >= 15 is 0 Å². The molecule has 7 nitrogen and oxygen atoms in total. The molecule has 4 rings (SSSR count). The van der Waals surface area contributed by atoms with Gasteiger partial charge in [0.15, 0.2) is 0 Å². The van der Waals surface area contributed by atoms with Crippen molar-refractivity contribution in [3.8, 4) is 0 Å². The molecule has 1 heterocycles. The maximum absolute atomic E-state index is 13.6. The van der Waals surface area contributed by atoms with E-state index in [9.17, 15) is 24.6 Å². The Morgan fingerprint density at radius 3 is 2.34 bits per heavy atom. The molecule has 0 bridgehead atoms. The summed E-state index contributed by atoms with van der Waals surface area (Å²) in [5, 5.41) is 22.2. The molecule has 166 valence electrons. The number of hydrogen-bond donors (Lipinski definition) is 0. The van der Waals surface area contributed by atoms with Gasteiger partial charge in [0.25, 0.3) is 11.4 Å². The number of halogens is 3. The molecule has 0 aromatic heterocycles. The van der Waals surface area contributed by atoms with Gasteiger partial charge in [-0.2, -0.15) is 0 Å². The highest BCUT2D eigenvalue weighted by Crippen LogP contribution is 2.45. The van der Waals surface area contributed by atoms with Crippen molar-refractivity contribution in [1.29, 1.82) is 0 Å². The Kier molecular flexibility index (Phi) is 6.17. The van der Waals surface area contributed by atoms with E-state index in [4.69, 9.17) is 23.2 Å². The van der Waals surface area contributed by atoms with Crippen molar-refractivity contribution in [2.75, 3.05) is 4.90 Å². The fraction of sp³-hybridized carbons (Fsp3) is 0.273. The fourth-order valence-electron chi connectivity index (χ4n) is 4.40. The van der Waals surface area contributed by atoms with Crippen LogP contribution in [-0.4, -0.2) is 21.3 Å². The molecule has 0 amide bonds. The Morgan fingerprint density at radius 2 is 1.69 bits per heavy atom. The molecule has 0 saturated carbocycles. The number of nitro groups is 2. The van der Waals surface area contributed by atoms with Gasteiger partial charge in [0.2, 0.25) is 0 Å². The minimum atomic E-state index is -0.705. The first-order valence-corrected chi connectivity index (χ1v) is 10.8. The maximum Gasteiger partial charge on any atom is 0.288 e. The minimum absolute atomic E-state index is 0.0448. The van der Waals surface area contributed by atoms with Crippen LogP contribution in [0.1, 0.15) is 30.9 Å². The second-order valence-electron chi connectivity index (χ2n) is 7.69. The number of alkyl halides is 1. The number of nitro benzene ring substituents is 1. The largest absolute Gasteiger partial charge is 0.357 e. The molecule has 1 fully saturated rings. The summed E-state index contributed by atoms with van der Waals surface area (Å²) in [6.45, 7) is 0. The number of anilines is 1. The average molecular weight is 478 g/mol. The lowest BCUT2D eigenvalue weighted by Crippen LogP contribution is -2.34. The molecule has 2 aliphatic rings. The number of rotatable bonds is 5. The van der Waals surface area contributed by atoms with E-state index in [0.29, 0.717) is 30.5 Å². The van der Waals surface area contributed by atoms with Gasteiger partial charge in [-0.25, -0.2) is 4.39 Å². The van der Waals surface area contributed by atoms with Crippen LogP contribution in [0.25, 0.3) is 0 Å². The van der Waals surface area contributed by atoms with Gasteiger partial charge in [0.05, 0.1) is 21.9 Å². The van der Waals surface area contributed by atoms with Gasteiger partial charge in [-0.05, 0) is 60.7 Å². The first kappa shape index (κ1) is 22.2. The lowest BCUT2D eigenvalue weighted by Gasteiger charge is -2.34. The zero-order valence-corrected chi connectivity index (χ0v) is 18.2. The average Bonchev–Trinajstić information content (AvgIpc) is 3.19.